The van der Waals surface area contributed by atoms with Gasteiger partial charge in [-0.05, 0) is 54.7 Å². The summed E-state index contributed by atoms with van der Waals surface area (Å²) in [6, 6.07) is 8.79. The Labute approximate surface area is 189 Å². The zero-order valence-corrected chi connectivity index (χ0v) is 20.3. The third-order valence-electron chi connectivity index (χ3n) is 6.38. The maximum atomic E-state index is 5.00. The second-order valence-electron chi connectivity index (χ2n) is 10.1. The van der Waals surface area contributed by atoms with Crippen molar-refractivity contribution < 1.29 is 0 Å². The van der Waals surface area contributed by atoms with Gasteiger partial charge in [-0.1, -0.05) is 70.2 Å². The SMILES string of the molecule is C=C1C2=C(CCN1Cc1ccc(C(/C=C\C)=NC)cc1)C(C)CN=C2CCC(C)(C)C. The lowest BCUT2D eigenvalue weighted by atomic mass is 9.80. The number of nitrogens with zero attached hydrogens (tertiary/aromatic N) is 3. The van der Waals surface area contributed by atoms with Gasteiger partial charge in [0.2, 0.25) is 0 Å². The maximum Gasteiger partial charge on any atom is 0.0639 e. The van der Waals surface area contributed by atoms with Gasteiger partial charge < -0.3 is 4.90 Å². The van der Waals surface area contributed by atoms with Gasteiger partial charge >= 0.3 is 0 Å². The summed E-state index contributed by atoms with van der Waals surface area (Å²) in [4.78, 5) is 11.8. The minimum Gasteiger partial charge on any atom is -0.367 e. The van der Waals surface area contributed by atoms with E-state index >= 15 is 0 Å². The molecule has 3 rings (SSSR count). The van der Waals surface area contributed by atoms with Crippen LogP contribution in [-0.2, 0) is 6.54 Å². The first-order valence-electron chi connectivity index (χ1n) is 11.6. The Morgan fingerprint density at radius 2 is 1.97 bits per heavy atom. The van der Waals surface area contributed by atoms with Gasteiger partial charge in [0.05, 0.1) is 5.71 Å². The summed E-state index contributed by atoms with van der Waals surface area (Å²) in [6.07, 6.45) is 7.40. The molecule has 31 heavy (non-hydrogen) atoms. The zero-order valence-electron chi connectivity index (χ0n) is 20.3. The molecule has 0 saturated heterocycles. The lowest BCUT2D eigenvalue weighted by Gasteiger charge is -2.39. The number of benzene rings is 1. The zero-order chi connectivity index (χ0) is 22.6. The fourth-order valence-electron chi connectivity index (χ4n) is 4.47. The van der Waals surface area contributed by atoms with Crippen LogP contribution >= 0.6 is 0 Å². The summed E-state index contributed by atoms with van der Waals surface area (Å²) in [5.74, 6) is 0.532. The highest BCUT2D eigenvalue weighted by Crippen LogP contribution is 2.37. The molecule has 0 N–H and O–H groups in total. The third-order valence-corrected chi connectivity index (χ3v) is 6.38. The lowest BCUT2D eigenvalue weighted by Crippen LogP contribution is -2.35. The summed E-state index contributed by atoms with van der Waals surface area (Å²) in [7, 11) is 1.84. The maximum absolute atomic E-state index is 5.00. The standard InChI is InChI=1S/C28H39N3/c1-8-9-25(29-7)23-12-10-22(11-13-23)19-31-17-15-24-20(2)18-30-26(27(24)21(31)3)14-16-28(4,5)6/h8-13,20H,3,14-19H2,1-2,4-7H3/b9-8-,29-25?. The fourth-order valence-corrected chi connectivity index (χ4v) is 4.47. The van der Waals surface area contributed by atoms with Crippen molar-refractivity contribution in [1.82, 2.24) is 4.90 Å². The average molecular weight is 418 g/mol. The molecule has 1 aromatic carbocycles. The summed E-state index contributed by atoms with van der Waals surface area (Å²) < 4.78 is 0. The van der Waals surface area contributed by atoms with E-state index in [9.17, 15) is 0 Å². The monoisotopic (exact) mass is 417 g/mol. The molecule has 2 heterocycles. The summed E-state index contributed by atoms with van der Waals surface area (Å²) in [6.45, 7) is 18.7. The normalized spacial score (nSPS) is 20.4. The largest absolute Gasteiger partial charge is 0.367 e. The van der Waals surface area contributed by atoms with Crippen molar-refractivity contribution in [3.63, 3.8) is 0 Å². The molecule has 1 atom stereocenters. The number of hydrogen-bond acceptors (Lipinski definition) is 3. The smallest absolute Gasteiger partial charge is 0.0639 e. The molecule has 0 spiro atoms. The van der Waals surface area contributed by atoms with E-state index in [4.69, 9.17) is 4.99 Å². The van der Waals surface area contributed by atoms with Crippen LogP contribution in [0.2, 0.25) is 0 Å². The van der Waals surface area contributed by atoms with Crippen molar-refractivity contribution in [2.24, 2.45) is 21.3 Å². The first-order valence-corrected chi connectivity index (χ1v) is 11.6. The molecule has 1 aromatic rings. The first kappa shape index (κ1) is 23.2. The Morgan fingerprint density at radius 3 is 2.58 bits per heavy atom. The Morgan fingerprint density at radius 1 is 1.26 bits per heavy atom. The van der Waals surface area contributed by atoms with Crippen molar-refractivity contribution >= 4 is 11.4 Å². The molecule has 0 aliphatic carbocycles. The first-order chi connectivity index (χ1) is 14.7. The van der Waals surface area contributed by atoms with E-state index in [0.717, 1.165) is 55.9 Å². The van der Waals surface area contributed by atoms with Crippen LogP contribution in [0.5, 0.6) is 0 Å². The van der Waals surface area contributed by atoms with E-state index < -0.39 is 0 Å². The van der Waals surface area contributed by atoms with E-state index in [-0.39, 0.29) is 0 Å². The second-order valence-corrected chi connectivity index (χ2v) is 10.1. The molecular weight excluding hydrogens is 378 g/mol. The predicted molar refractivity (Wildman–Crippen MR) is 135 cm³/mol. The van der Waals surface area contributed by atoms with Crippen LogP contribution in [-0.4, -0.2) is 36.5 Å². The average Bonchev–Trinajstić information content (AvgIpc) is 2.73. The highest BCUT2D eigenvalue weighted by atomic mass is 15.1. The Kier molecular flexibility index (Phi) is 7.35. The van der Waals surface area contributed by atoms with Crippen molar-refractivity contribution in [1.29, 1.82) is 0 Å². The van der Waals surface area contributed by atoms with E-state index in [1.54, 1.807) is 5.57 Å². The van der Waals surface area contributed by atoms with Crippen molar-refractivity contribution in [3.05, 3.63) is 71.0 Å². The number of aliphatic imine (C=N–C) groups is 2. The van der Waals surface area contributed by atoms with Crippen LogP contribution in [0.4, 0.5) is 0 Å². The Hall–Kier alpha value is -2.42. The highest BCUT2D eigenvalue weighted by Gasteiger charge is 2.31. The third kappa shape index (κ3) is 5.64. The van der Waals surface area contributed by atoms with Crippen LogP contribution in [0.25, 0.3) is 0 Å². The predicted octanol–water partition coefficient (Wildman–Crippen LogP) is 6.61. The second kappa shape index (κ2) is 9.80. The van der Waals surface area contributed by atoms with Gasteiger partial charge in [-0.2, -0.15) is 0 Å². The Balaban J connectivity index is 1.76. The number of rotatable bonds is 6. The van der Waals surface area contributed by atoms with Crippen LogP contribution < -0.4 is 0 Å². The minimum absolute atomic E-state index is 0.317. The minimum atomic E-state index is 0.317. The summed E-state index contributed by atoms with van der Waals surface area (Å²) in [5.41, 5.74) is 9.17. The topological polar surface area (TPSA) is 28.0 Å². The van der Waals surface area contributed by atoms with E-state index in [1.165, 1.54) is 16.8 Å². The van der Waals surface area contributed by atoms with Crippen LogP contribution in [0.1, 0.15) is 65.0 Å². The molecule has 1 unspecified atom stereocenters. The molecule has 0 aromatic heterocycles. The molecule has 2 aliphatic rings. The molecule has 0 fully saturated rings. The molecule has 166 valence electrons. The van der Waals surface area contributed by atoms with E-state index in [1.807, 2.05) is 20.0 Å². The number of allylic oxidation sites excluding steroid dienone is 3. The van der Waals surface area contributed by atoms with Gasteiger partial charge in [0.1, 0.15) is 0 Å². The molecule has 0 amide bonds. The quantitative estimate of drug-likeness (QED) is 0.478. The van der Waals surface area contributed by atoms with E-state index in [2.05, 4.69) is 74.5 Å². The summed E-state index contributed by atoms with van der Waals surface area (Å²) >= 11 is 0. The molecular formula is C28H39N3. The fraction of sp³-hybridized carbons (Fsp3) is 0.500. The summed E-state index contributed by atoms with van der Waals surface area (Å²) in [5, 5.41) is 0. The Bertz CT molecular complexity index is 920. The van der Waals surface area contributed by atoms with Crippen molar-refractivity contribution in [2.75, 3.05) is 20.1 Å². The molecule has 0 saturated carbocycles. The van der Waals surface area contributed by atoms with Crippen molar-refractivity contribution in [3.8, 4) is 0 Å². The van der Waals surface area contributed by atoms with Gasteiger partial charge in [-0.25, -0.2) is 0 Å². The molecule has 0 radical (unpaired) electrons. The number of dihydropyridines is 1. The highest BCUT2D eigenvalue weighted by molar-refractivity contribution is 6.08. The molecule has 3 heteroatoms. The van der Waals surface area contributed by atoms with Gasteiger partial charge in [0.25, 0.3) is 0 Å². The van der Waals surface area contributed by atoms with E-state index in [0.29, 0.717) is 11.3 Å². The molecule has 0 bridgehead atoms. The molecule has 3 nitrogen and oxygen atoms in total. The van der Waals surface area contributed by atoms with Gasteiger partial charge in [0, 0.05) is 43.7 Å². The number of hydrogen-bond donors (Lipinski definition) is 0. The van der Waals surface area contributed by atoms with Crippen LogP contribution in [0, 0.1) is 11.3 Å². The van der Waals surface area contributed by atoms with Gasteiger partial charge in [-0.15, -0.1) is 0 Å². The van der Waals surface area contributed by atoms with Crippen molar-refractivity contribution in [2.45, 2.75) is 60.4 Å². The lowest BCUT2D eigenvalue weighted by molar-refractivity contribution is 0.328. The van der Waals surface area contributed by atoms with Crippen LogP contribution in [0.3, 0.4) is 0 Å². The molecule has 2 aliphatic heterocycles. The van der Waals surface area contributed by atoms with Gasteiger partial charge in [0.15, 0.2) is 0 Å². The van der Waals surface area contributed by atoms with Gasteiger partial charge in [-0.3, -0.25) is 9.98 Å². The van der Waals surface area contributed by atoms with Crippen LogP contribution in [0.15, 0.2) is 69.8 Å².